The van der Waals surface area contributed by atoms with Crippen molar-refractivity contribution >= 4 is 23.2 Å². The fourth-order valence-electron chi connectivity index (χ4n) is 2.22. The van der Waals surface area contributed by atoms with Gasteiger partial charge in [0.1, 0.15) is 6.04 Å². The molecule has 0 bridgehead atoms. The number of nitrogens with zero attached hydrogens (tertiary/aromatic N) is 2. The first-order chi connectivity index (χ1) is 9.29. The Balaban J connectivity index is 2.22. The molecule has 2 heterocycles. The highest BCUT2D eigenvalue weighted by atomic mass is 32.1. The van der Waals surface area contributed by atoms with Crippen LogP contribution in [0.15, 0.2) is 5.51 Å². The Morgan fingerprint density at radius 1 is 1.45 bits per heavy atom. The maximum absolute atomic E-state index is 12.7. The van der Waals surface area contributed by atoms with Crippen LogP contribution in [0.1, 0.15) is 37.8 Å². The zero-order valence-corrected chi connectivity index (χ0v) is 13.2. The summed E-state index contributed by atoms with van der Waals surface area (Å²) >= 11 is 1.55. The Bertz CT molecular complexity index is 519. The van der Waals surface area contributed by atoms with E-state index in [4.69, 9.17) is 0 Å². The van der Waals surface area contributed by atoms with E-state index < -0.39 is 6.04 Å². The normalized spacial score (nSPS) is 20.8. The van der Waals surface area contributed by atoms with Gasteiger partial charge in [0.25, 0.3) is 0 Å². The molecule has 0 aromatic carbocycles. The number of aromatic nitrogens is 1. The average molecular weight is 295 g/mol. The molecular formula is C14H21N3O2S. The van der Waals surface area contributed by atoms with Gasteiger partial charge in [-0.2, -0.15) is 0 Å². The second kappa shape index (κ2) is 5.52. The Hall–Kier alpha value is -1.43. The number of carbonyl (C=O) groups excluding carboxylic acids is 2. The van der Waals surface area contributed by atoms with E-state index >= 15 is 0 Å². The predicted octanol–water partition coefficient (Wildman–Crippen LogP) is 1.71. The highest BCUT2D eigenvalue weighted by Gasteiger charge is 2.37. The van der Waals surface area contributed by atoms with Gasteiger partial charge >= 0.3 is 0 Å². The minimum atomic E-state index is -0.467. The molecule has 1 N–H and O–H groups in total. The summed E-state index contributed by atoms with van der Waals surface area (Å²) < 4.78 is 0. The molecule has 1 saturated heterocycles. The molecular weight excluding hydrogens is 274 g/mol. The number of aryl methyl sites for hydroxylation is 1. The van der Waals surface area contributed by atoms with Crippen LogP contribution in [0.5, 0.6) is 0 Å². The van der Waals surface area contributed by atoms with E-state index in [-0.39, 0.29) is 17.2 Å². The summed E-state index contributed by atoms with van der Waals surface area (Å²) in [7, 11) is 0. The molecule has 6 heteroatoms. The van der Waals surface area contributed by atoms with Crippen LogP contribution in [0.25, 0.3) is 0 Å². The maximum Gasteiger partial charge on any atom is 0.246 e. The van der Waals surface area contributed by atoms with Gasteiger partial charge in [0.05, 0.1) is 17.7 Å². The summed E-state index contributed by atoms with van der Waals surface area (Å²) in [5, 5.41) is 2.85. The fraction of sp³-hybridized carbons (Fsp3) is 0.643. The van der Waals surface area contributed by atoms with Gasteiger partial charge in [-0.05, 0) is 12.3 Å². The van der Waals surface area contributed by atoms with E-state index in [0.29, 0.717) is 19.5 Å². The molecule has 110 valence electrons. The van der Waals surface area contributed by atoms with Crippen LogP contribution < -0.4 is 5.32 Å². The van der Waals surface area contributed by atoms with Crippen LogP contribution in [0.4, 0.5) is 0 Å². The first-order valence-electron chi connectivity index (χ1n) is 6.76. The summed E-state index contributed by atoms with van der Waals surface area (Å²) in [6, 6.07) is -0.467. The zero-order chi connectivity index (χ0) is 14.9. The lowest BCUT2D eigenvalue weighted by Gasteiger charge is -2.32. The molecule has 1 unspecified atom stereocenters. The van der Waals surface area contributed by atoms with Crippen molar-refractivity contribution in [1.29, 1.82) is 0 Å². The van der Waals surface area contributed by atoms with Gasteiger partial charge in [-0.3, -0.25) is 9.59 Å². The number of nitrogens with one attached hydrogen (secondary N) is 1. The first-order valence-corrected chi connectivity index (χ1v) is 7.64. The van der Waals surface area contributed by atoms with E-state index in [9.17, 15) is 9.59 Å². The molecule has 1 atom stereocenters. The zero-order valence-electron chi connectivity index (χ0n) is 12.4. The van der Waals surface area contributed by atoms with E-state index in [0.717, 1.165) is 10.6 Å². The molecule has 1 aliphatic rings. The molecule has 0 aliphatic carbocycles. The van der Waals surface area contributed by atoms with Crippen LogP contribution in [0.2, 0.25) is 0 Å². The molecule has 0 spiro atoms. The number of amides is 2. The highest BCUT2D eigenvalue weighted by molar-refractivity contribution is 7.09. The molecule has 1 fully saturated rings. The Labute approximate surface area is 123 Å². The molecule has 2 amide bonds. The Kier molecular flexibility index (Phi) is 4.13. The molecule has 2 rings (SSSR count). The van der Waals surface area contributed by atoms with Crippen molar-refractivity contribution in [3.63, 3.8) is 0 Å². The molecule has 0 saturated carbocycles. The Morgan fingerprint density at radius 2 is 2.15 bits per heavy atom. The number of hydrogen-bond donors (Lipinski definition) is 1. The minimum absolute atomic E-state index is 0.00356. The molecule has 20 heavy (non-hydrogen) atoms. The summed E-state index contributed by atoms with van der Waals surface area (Å²) in [6.45, 7) is 8.86. The smallest absolute Gasteiger partial charge is 0.246 e. The van der Waals surface area contributed by atoms with Crippen molar-refractivity contribution in [1.82, 2.24) is 15.2 Å². The predicted molar refractivity (Wildman–Crippen MR) is 78.3 cm³/mol. The van der Waals surface area contributed by atoms with Crippen molar-refractivity contribution < 1.29 is 9.59 Å². The number of carbonyl (C=O) groups is 2. The molecule has 5 nitrogen and oxygen atoms in total. The summed E-state index contributed by atoms with van der Waals surface area (Å²) in [5.74, 6) is -0.0575. The van der Waals surface area contributed by atoms with Crippen molar-refractivity contribution in [2.24, 2.45) is 5.41 Å². The Morgan fingerprint density at radius 3 is 2.70 bits per heavy atom. The van der Waals surface area contributed by atoms with Gasteiger partial charge in [0.2, 0.25) is 11.8 Å². The van der Waals surface area contributed by atoms with Gasteiger partial charge in [0, 0.05) is 17.8 Å². The third-order valence-electron chi connectivity index (χ3n) is 3.52. The summed E-state index contributed by atoms with van der Waals surface area (Å²) in [6.07, 6.45) is 0.357. The van der Waals surface area contributed by atoms with Gasteiger partial charge in [-0.15, -0.1) is 11.3 Å². The largest absolute Gasteiger partial charge is 0.344 e. The molecule has 1 aromatic rings. The monoisotopic (exact) mass is 295 g/mol. The SMILES string of the molecule is Cc1ncsc1CN1CCC(=O)NC(C(C)(C)C)C1=O. The number of hydrogen-bond acceptors (Lipinski definition) is 4. The lowest BCUT2D eigenvalue weighted by Crippen LogP contribution is -2.51. The van der Waals surface area contributed by atoms with Crippen LogP contribution in [-0.4, -0.2) is 34.3 Å². The van der Waals surface area contributed by atoms with Crippen LogP contribution >= 0.6 is 11.3 Å². The topological polar surface area (TPSA) is 62.3 Å². The van der Waals surface area contributed by atoms with Gasteiger partial charge in [0.15, 0.2) is 0 Å². The highest BCUT2D eigenvalue weighted by Crippen LogP contribution is 2.25. The van der Waals surface area contributed by atoms with Crippen molar-refractivity contribution in [2.75, 3.05) is 6.54 Å². The van der Waals surface area contributed by atoms with Crippen LogP contribution in [-0.2, 0) is 16.1 Å². The van der Waals surface area contributed by atoms with E-state index in [1.54, 1.807) is 21.7 Å². The number of rotatable bonds is 2. The second-order valence-corrected chi connectivity index (χ2v) is 7.18. The first kappa shape index (κ1) is 15.0. The third-order valence-corrected chi connectivity index (χ3v) is 4.44. The van der Waals surface area contributed by atoms with Gasteiger partial charge in [-0.1, -0.05) is 20.8 Å². The minimum Gasteiger partial charge on any atom is -0.344 e. The molecule has 1 aromatic heterocycles. The van der Waals surface area contributed by atoms with E-state index in [1.807, 2.05) is 27.7 Å². The summed E-state index contributed by atoms with van der Waals surface area (Å²) in [4.78, 5) is 31.5. The second-order valence-electron chi connectivity index (χ2n) is 6.24. The third kappa shape index (κ3) is 3.17. The van der Waals surface area contributed by atoms with Crippen LogP contribution in [0, 0.1) is 12.3 Å². The van der Waals surface area contributed by atoms with E-state index in [2.05, 4.69) is 10.3 Å². The summed E-state index contributed by atoms with van der Waals surface area (Å²) in [5.41, 5.74) is 2.45. The van der Waals surface area contributed by atoms with E-state index in [1.165, 1.54) is 0 Å². The van der Waals surface area contributed by atoms with Crippen molar-refractivity contribution in [3.05, 3.63) is 16.1 Å². The number of thiazole rings is 1. The van der Waals surface area contributed by atoms with Crippen molar-refractivity contribution in [3.8, 4) is 0 Å². The van der Waals surface area contributed by atoms with Crippen molar-refractivity contribution in [2.45, 2.75) is 46.7 Å². The molecule has 1 aliphatic heterocycles. The molecule has 0 radical (unpaired) electrons. The van der Waals surface area contributed by atoms with Gasteiger partial charge in [-0.25, -0.2) is 4.98 Å². The maximum atomic E-state index is 12.7. The standard InChI is InChI=1S/C14H21N3O2S/c1-9-10(20-8-15-9)7-17-6-5-11(18)16-12(13(17)19)14(2,3)4/h8,12H,5-7H2,1-4H3,(H,16,18). The quantitative estimate of drug-likeness (QED) is 0.903. The lowest BCUT2D eigenvalue weighted by molar-refractivity contribution is -0.136. The fourth-order valence-corrected chi connectivity index (χ4v) is 3.01. The average Bonchev–Trinajstić information content (AvgIpc) is 2.68. The lowest BCUT2D eigenvalue weighted by atomic mass is 9.86. The van der Waals surface area contributed by atoms with Gasteiger partial charge < -0.3 is 10.2 Å². The van der Waals surface area contributed by atoms with Crippen LogP contribution in [0.3, 0.4) is 0 Å².